The van der Waals surface area contributed by atoms with Crippen LogP contribution in [0, 0.1) is 0 Å². The smallest absolute Gasteiger partial charge is 0.244 e. The highest BCUT2D eigenvalue weighted by molar-refractivity contribution is 5.89. The summed E-state index contributed by atoms with van der Waals surface area (Å²) in [5.41, 5.74) is 7.03. The second kappa shape index (κ2) is 8.42. The van der Waals surface area contributed by atoms with Crippen LogP contribution < -0.4 is 11.1 Å². The minimum atomic E-state index is -0.604. The number of nitrogens with one attached hydrogen (secondary N) is 1. The average Bonchev–Trinajstić information content (AvgIpc) is 2.51. The molecular formula is C16H25N3O2. The van der Waals surface area contributed by atoms with Crippen molar-refractivity contribution in [3.63, 3.8) is 0 Å². The van der Waals surface area contributed by atoms with Crippen LogP contribution >= 0.6 is 0 Å². The van der Waals surface area contributed by atoms with E-state index in [1.807, 2.05) is 37.3 Å². The molecule has 3 N–H and O–H groups in total. The lowest BCUT2D eigenvalue weighted by Gasteiger charge is -2.22. The van der Waals surface area contributed by atoms with Gasteiger partial charge in [-0.25, -0.2) is 0 Å². The Morgan fingerprint density at radius 1 is 1.29 bits per heavy atom. The molecule has 0 radical (unpaired) electrons. The molecule has 0 saturated carbocycles. The predicted molar refractivity (Wildman–Crippen MR) is 83.7 cm³/mol. The van der Waals surface area contributed by atoms with Crippen LogP contribution in [-0.4, -0.2) is 42.4 Å². The molecule has 0 heterocycles. The Bertz CT molecular complexity index is 462. The number of likely N-dealkylation sites (N-methyl/N-ethyl adjacent to an activating group) is 1. The summed E-state index contributed by atoms with van der Waals surface area (Å²) in [6.45, 7) is 4.17. The summed E-state index contributed by atoms with van der Waals surface area (Å²) in [5, 5.41) is 2.68. The minimum absolute atomic E-state index is 0.110. The highest BCUT2D eigenvalue weighted by Gasteiger charge is 2.21. The van der Waals surface area contributed by atoms with E-state index in [1.165, 1.54) is 0 Å². The maximum absolute atomic E-state index is 12.0. The summed E-state index contributed by atoms with van der Waals surface area (Å²) in [5.74, 6) is -0.391. The van der Waals surface area contributed by atoms with Crippen LogP contribution in [0.2, 0.25) is 0 Å². The van der Waals surface area contributed by atoms with Gasteiger partial charge in [0.2, 0.25) is 11.8 Å². The fraction of sp³-hybridized carbons (Fsp3) is 0.500. The van der Waals surface area contributed by atoms with Crippen molar-refractivity contribution >= 4 is 11.8 Å². The highest BCUT2D eigenvalue weighted by atomic mass is 16.2. The first-order valence-electron chi connectivity index (χ1n) is 7.30. The molecule has 0 aromatic heterocycles. The molecule has 0 fully saturated rings. The zero-order chi connectivity index (χ0) is 15.8. The topological polar surface area (TPSA) is 75.4 Å². The maximum atomic E-state index is 12.0. The number of aryl methyl sites for hydroxylation is 1. The summed E-state index contributed by atoms with van der Waals surface area (Å²) in [7, 11) is 1.71. The Hall–Kier alpha value is -1.88. The lowest BCUT2D eigenvalue weighted by atomic mass is 10.1. The number of nitrogens with zero attached hydrogens (tertiary/aromatic N) is 1. The molecule has 1 rings (SSSR count). The summed E-state index contributed by atoms with van der Waals surface area (Å²) in [6, 6.07) is 8.73. The Balaban J connectivity index is 2.42. The number of nitrogens with two attached hydrogens (primary N) is 1. The zero-order valence-corrected chi connectivity index (χ0v) is 13.0. The lowest BCUT2D eigenvalue weighted by Crippen LogP contribution is -2.50. The Labute approximate surface area is 126 Å². The second-order valence-electron chi connectivity index (χ2n) is 5.21. The third-order valence-corrected chi connectivity index (χ3v) is 3.50. The molecule has 0 spiro atoms. The SMILES string of the molecule is CCN(C)C(=O)C(C)NC(=O)C(N)CCc1ccccc1. The van der Waals surface area contributed by atoms with Gasteiger partial charge in [0.15, 0.2) is 0 Å². The van der Waals surface area contributed by atoms with Crippen LogP contribution in [0.3, 0.4) is 0 Å². The van der Waals surface area contributed by atoms with Crippen molar-refractivity contribution in [2.24, 2.45) is 5.73 Å². The molecule has 0 aliphatic rings. The number of carbonyl (C=O) groups is 2. The van der Waals surface area contributed by atoms with Gasteiger partial charge in [0, 0.05) is 13.6 Å². The lowest BCUT2D eigenvalue weighted by molar-refractivity contribution is -0.135. The molecule has 116 valence electrons. The van der Waals surface area contributed by atoms with E-state index in [9.17, 15) is 9.59 Å². The van der Waals surface area contributed by atoms with Gasteiger partial charge in [0.05, 0.1) is 6.04 Å². The molecule has 2 atom stereocenters. The number of rotatable bonds is 7. The van der Waals surface area contributed by atoms with E-state index in [1.54, 1.807) is 18.9 Å². The molecule has 0 aliphatic heterocycles. The standard InChI is InChI=1S/C16H25N3O2/c1-4-19(3)16(21)12(2)18-15(20)14(17)11-10-13-8-6-5-7-9-13/h5-9,12,14H,4,10-11,17H2,1-3H3,(H,18,20). The minimum Gasteiger partial charge on any atom is -0.344 e. The highest BCUT2D eigenvalue weighted by Crippen LogP contribution is 2.04. The first-order chi connectivity index (χ1) is 9.95. The van der Waals surface area contributed by atoms with E-state index in [0.717, 1.165) is 12.0 Å². The molecule has 2 unspecified atom stereocenters. The monoisotopic (exact) mass is 291 g/mol. The number of benzene rings is 1. The molecule has 21 heavy (non-hydrogen) atoms. The molecule has 0 bridgehead atoms. The Morgan fingerprint density at radius 3 is 2.48 bits per heavy atom. The van der Waals surface area contributed by atoms with Crippen LogP contribution in [-0.2, 0) is 16.0 Å². The van der Waals surface area contributed by atoms with Gasteiger partial charge in [-0.05, 0) is 32.3 Å². The van der Waals surface area contributed by atoms with Gasteiger partial charge in [0.1, 0.15) is 6.04 Å². The normalized spacial score (nSPS) is 13.3. The number of hydrogen-bond acceptors (Lipinski definition) is 3. The van der Waals surface area contributed by atoms with Gasteiger partial charge in [-0.1, -0.05) is 30.3 Å². The summed E-state index contributed by atoms with van der Waals surface area (Å²) < 4.78 is 0. The maximum Gasteiger partial charge on any atom is 0.244 e. The first-order valence-corrected chi connectivity index (χ1v) is 7.30. The van der Waals surface area contributed by atoms with Gasteiger partial charge in [0.25, 0.3) is 0 Å². The van der Waals surface area contributed by atoms with Crippen LogP contribution in [0.5, 0.6) is 0 Å². The van der Waals surface area contributed by atoms with E-state index < -0.39 is 12.1 Å². The quantitative estimate of drug-likeness (QED) is 0.784. The van der Waals surface area contributed by atoms with Gasteiger partial charge in [-0.15, -0.1) is 0 Å². The number of carbonyl (C=O) groups excluding carboxylic acids is 2. The van der Waals surface area contributed by atoms with Crippen molar-refractivity contribution in [3.8, 4) is 0 Å². The zero-order valence-electron chi connectivity index (χ0n) is 13.0. The van der Waals surface area contributed by atoms with Crippen molar-refractivity contribution in [2.45, 2.75) is 38.8 Å². The van der Waals surface area contributed by atoms with Crippen molar-refractivity contribution in [1.82, 2.24) is 10.2 Å². The first kappa shape index (κ1) is 17.2. The van der Waals surface area contributed by atoms with Gasteiger partial charge in [-0.3, -0.25) is 9.59 Å². The fourth-order valence-electron chi connectivity index (χ4n) is 1.97. The van der Waals surface area contributed by atoms with Crippen molar-refractivity contribution < 1.29 is 9.59 Å². The van der Waals surface area contributed by atoms with E-state index in [4.69, 9.17) is 5.73 Å². The van der Waals surface area contributed by atoms with E-state index in [-0.39, 0.29) is 11.8 Å². The average molecular weight is 291 g/mol. The molecular weight excluding hydrogens is 266 g/mol. The summed E-state index contributed by atoms with van der Waals surface area (Å²) >= 11 is 0. The van der Waals surface area contributed by atoms with Crippen LogP contribution in [0.1, 0.15) is 25.8 Å². The molecule has 1 aromatic rings. The van der Waals surface area contributed by atoms with E-state index >= 15 is 0 Å². The third-order valence-electron chi connectivity index (χ3n) is 3.50. The van der Waals surface area contributed by atoms with Gasteiger partial charge >= 0.3 is 0 Å². The fourth-order valence-corrected chi connectivity index (χ4v) is 1.97. The van der Waals surface area contributed by atoms with Crippen LogP contribution in [0.25, 0.3) is 0 Å². The molecule has 5 heteroatoms. The third kappa shape index (κ3) is 5.55. The molecule has 2 amide bonds. The Kier molecular flexibility index (Phi) is 6.88. The van der Waals surface area contributed by atoms with Crippen LogP contribution in [0.4, 0.5) is 0 Å². The summed E-state index contributed by atoms with van der Waals surface area (Å²) in [4.78, 5) is 25.4. The molecule has 1 aromatic carbocycles. The van der Waals surface area contributed by atoms with E-state index in [0.29, 0.717) is 13.0 Å². The van der Waals surface area contributed by atoms with Crippen molar-refractivity contribution in [3.05, 3.63) is 35.9 Å². The molecule has 0 aliphatic carbocycles. The van der Waals surface area contributed by atoms with Gasteiger partial charge < -0.3 is 16.0 Å². The molecule has 0 saturated heterocycles. The van der Waals surface area contributed by atoms with Crippen molar-refractivity contribution in [2.75, 3.05) is 13.6 Å². The van der Waals surface area contributed by atoms with E-state index in [2.05, 4.69) is 5.32 Å². The number of hydrogen-bond donors (Lipinski definition) is 2. The largest absolute Gasteiger partial charge is 0.344 e. The summed E-state index contributed by atoms with van der Waals surface area (Å²) in [6.07, 6.45) is 1.30. The molecule has 5 nitrogen and oxygen atoms in total. The van der Waals surface area contributed by atoms with Gasteiger partial charge in [-0.2, -0.15) is 0 Å². The second-order valence-corrected chi connectivity index (χ2v) is 5.21. The number of amides is 2. The van der Waals surface area contributed by atoms with Crippen molar-refractivity contribution in [1.29, 1.82) is 0 Å². The predicted octanol–water partition coefficient (Wildman–Crippen LogP) is 0.930. The van der Waals surface area contributed by atoms with Crippen LogP contribution in [0.15, 0.2) is 30.3 Å². The Morgan fingerprint density at radius 2 is 1.90 bits per heavy atom.